The third-order valence-corrected chi connectivity index (χ3v) is 6.60. The fourth-order valence-corrected chi connectivity index (χ4v) is 5.17. The highest BCUT2D eigenvalue weighted by Crippen LogP contribution is 2.37. The lowest BCUT2D eigenvalue weighted by Gasteiger charge is -2.16. The van der Waals surface area contributed by atoms with Gasteiger partial charge in [-0.3, -0.25) is 0 Å². The van der Waals surface area contributed by atoms with E-state index in [2.05, 4.69) is 38.2 Å². The van der Waals surface area contributed by atoms with Crippen LogP contribution >= 0.6 is 22.7 Å². The molecule has 1 atom stereocenters. The van der Waals surface area contributed by atoms with Gasteiger partial charge in [0.1, 0.15) is 5.01 Å². The van der Waals surface area contributed by atoms with Gasteiger partial charge in [-0.25, -0.2) is 4.98 Å². The quantitative estimate of drug-likeness (QED) is 0.914. The summed E-state index contributed by atoms with van der Waals surface area (Å²) in [6.45, 7) is 6.82. The monoisotopic (exact) mass is 306 g/mol. The topological polar surface area (TPSA) is 24.9 Å². The Bertz CT molecular complexity index is 583. The van der Waals surface area contributed by atoms with E-state index in [1.54, 1.807) is 0 Å². The van der Waals surface area contributed by atoms with Gasteiger partial charge in [-0.2, -0.15) is 0 Å². The van der Waals surface area contributed by atoms with Crippen molar-refractivity contribution >= 4 is 22.7 Å². The maximum atomic E-state index is 4.87. The van der Waals surface area contributed by atoms with Crippen molar-refractivity contribution in [2.75, 3.05) is 7.05 Å². The Morgan fingerprint density at radius 3 is 2.60 bits per heavy atom. The van der Waals surface area contributed by atoms with E-state index in [1.807, 2.05) is 29.7 Å². The van der Waals surface area contributed by atoms with Crippen molar-refractivity contribution in [3.05, 3.63) is 37.5 Å². The molecule has 2 aromatic rings. The summed E-state index contributed by atoms with van der Waals surface area (Å²) in [7, 11) is 2.04. The first-order valence-electron chi connectivity index (χ1n) is 7.25. The summed E-state index contributed by atoms with van der Waals surface area (Å²) in [6.07, 6.45) is 3.67. The highest BCUT2D eigenvalue weighted by molar-refractivity contribution is 7.13. The lowest BCUT2D eigenvalue weighted by Crippen LogP contribution is -2.16. The van der Waals surface area contributed by atoms with Crippen molar-refractivity contribution in [2.24, 2.45) is 0 Å². The molecule has 3 rings (SSSR count). The van der Waals surface area contributed by atoms with Crippen LogP contribution in [0.25, 0.3) is 0 Å². The Morgan fingerprint density at radius 1 is 1.20 bits per heavy atom. The molecule has 1 N–H and O–H groups in total. The zero-order chi connectivity index (χ0) is 14.3. The molecule has 1 aliphatic carbocycles. The molecule has 2 nitrogen and oxygen atoms in total. The molecule has 0 aliphatic heterocycles. The van der Waals surface area contributed by atoms with Gasteiger partial charge in [0.05, 0.1) is 11.7 Å². The molecule has 1 unspecified atom stereocenters. The Morgan fingerprint density at radius 2 is 2.00 bits per heavy atom. The minimum Gasteiger partial charge on any atom is -0.307 e. The molecule has 2 aromatic heterocycles. The minimum atomic E-state index is 0.228. The molecular formula is C16H22N2S2. The molecule has 0 saturated carbocycles. The van der Waals surface area contributed by atoms with E-state index in [-0.39, 0.29) is 11.5 Å². The average molecular weight is 307 g/mol. The second kappa shape index (κ2) is 5.24. The molecule has 1 aliphatic rings. The van der Waals surface area contributed by atoms with Crippen LogP contribution in [0, 0.1) is 0 Å². The first-order chi connectivity index (χ1) is 9.49. The number of aryl methyl sites for hydroxylation is 2. The van der Waals surface area contributed by atoms with Crippen LogP contribution in [-0.2, 0) is 18.3 Å². The van der Waals surface area contributed by atoms with Gasteiger partial charge < -0.3 is 5.32 Å². The van der Waals surface area contributed by atoms with Crippen LogP contribution in [-0.4, -0.2) is 12.0 Å². The third kappa shape index (κ3) is 2.57. The van der Waals surface area contributed by atoms with Crippen molar-refractivity contribution < 1.29 is 0 Å². The molecule has 0 radical (unpaired) electrons. The summed E-state index contributed by atoms with van der Waals surface area (Å²) in [5, 5.41) is 4.68. The predicted molar refractivity (Wildman–Crippen MR) is 88.1 cm³/mol. The third-order valence-electron chi connectivity index (χ3n) is 3.80. The van der Waals surface area contributed by atoms with Crippen LogP contribution < -0.4 is 5.32 Å². The predicted octanol–water partition coefficient (Wildman–Crippen LogP) is 4.30. The standard InChI is InChI=1S/C16H22N2S2/c1-16(2,3)13-9-8-12(19-13)14(17-4)15-18-10-6-5-7-11(10)20-15/h8-9,14,17H,5-7H2,1-4H3. The Kier molecular flexibility index (Phi) is 3.73. The number of hydrogen-bond donors (Lipinski definition) is 1. The van der Waals surface area contributed by atoms with Crippen molar-refractivity contribution in [1.82, 2.24) is 10.3 Å². The number of hydrogen-bond acceptors (Lipinski definition) is 4. The smallest absolute Gasteiger partial charge is 0.115 e. The highest BCUT2D eigenvalue weighted by Gasteiger charge is 2.25. The van der Waals surface area contributed by atoms with E-state index in [4.69, 9.17) is 4.98 Å². The largest absolute Gasteiger partial charge is 0.307 e. The van der Waals surface area contributed by atoms with Crippen molar-refractivity contribution in [1.29, 1.82) is 0 Å². The van der Waals surface area contributed by atoms with Crippen LogP contribution in [0.15, 0.2) is 12.1 Å². The van der Waals surface area contributed by atoms with Crippen molar-refractivity contribution in [2.45, 2.75) is 51.5 Å². The van der Waals surface area contributed by atoms with E-state index in [1.165, 1.54) is 44.6 Å². The summed E-state index contributed by atoms with van der Waals surface area (Å²) >= 11 is 3.81. The van der Waals surface area contributed by atoms with Gasteiger partial charge in [-0.15, -0.1) is 22.7 Å². The molecular weight excluding hydrogens is 284 g/mol. The molecule has 0 aromatic carbocycles. The van der Waals surface area contributed by atoms with E-state index >= 15 is 0 Å². The van der Waals surface area contributed by atoms with Crippen molar-refractivity contribution in [3.8, 4) is 0 Å². The Hall–Kier alpha value is -0.710. The fraction of sp³-hybridized carbons (Fsp3) is 0.562. The lowest BCUT2D eigenvalue weighted by atomic mass is 9.95. The molecule has 2 heterocycles. The fourth-order valence-electron chi connectivity index (χ4n) is 2.63. The minimum absolute atomic E-state index is 0.228. The first-order valence-corrected chi connectivity index (χ1v) is 8.88. The molecule has 0 spiro atoms. The SMILES string of the molecule is CNC(c1ccc(C(C)(C)C)s1)c1nc2c(s1)CCC2. The first kappa shape index (κ1) is 14.2. The number of rotatable bonds is 3. The Labute approximate surface area is 129 Å². The zero-order valence-electron chi connectivity index (χ0n) is 12.6. The molecule has 108 valence electrons. The zero-order valence-corrected chi connectivity index (χ0v) is 14.3. The number of thiazole rings is 1. The maximum absolute atomic E-state index is 4.87. The van der Waals surface area contributed by atoms with Crippen LogP contribution in [0.4, 0.5) is 0 Å². The highest BCUT2D eigenvalue weighted by atomic mass is 32.1. The van der Waals surface area contributed by atoms with Crippen LogP contribution in [0.3, 0.4) is 0 Å². The number of nitrogens with zero attached hydrogens (tertiary/aromatic N) is 1. The van der Waals surface area contributed by atoms with Crippen LogP contribution in [0.5, 0.6) is 0 Å². The lowest BCUT2D eigenvalue weighted by molar-refractivity contribution is 0.604. The number of aromatic nitrogens is 1. The van der Waals surface area contributed by atoms with Crippen molar-refractivity contribution in [3.63, 3.8) is 0 Å². The number of nitrogens with one attached hydrogen (secondary N) is 1. The number of fused-ring (bicyclic) bond motifs is 1. The van der Waals surface area contributed by atoms with Gasteiger partial charge in [-0.1, -0.05) is 20.8 Å². The van der Waals surface area contributed by atoms with Gasteiger partial charge in [0.25, 0.3) is 0 Å². The summed E-state index contributed by atoms with van der Waals surface area (Å²) in [5.41, 5.74) is 1.57. The van der Waals surface area contributed by atoms with Crippen LogP contribution in [0.1, 0.15) is 58.6 Å². The van der Waals surface area contributed by atoms with Gasteiger partial charge >= 0.3 is 0 Å². The molecule has 20 heavy (non-hydrogen) atoms. The van der Waals surface area contributed by atoms with E-state index < -0.39 is 0 Å². The van der Waals surface area contributed by atoms with Crippen LogP contribution in [0.2, 0.25) is 0 Å². The molecule has 0 bridgehead atoms. The molecule has 0 amide bonds. The van der Waals surface area contributed by atoms with E-state index in [9.17, 15) is 0 Å². The molecule has 0 saturated heterocycles. The van der Waals surface area contributed by atoms with Gasteiger partial charge in [0, 0.05) is 14.6 Å². The Balaban J connectivity index is 1.91. The summed E-state index contributed by atoms with van der Waals surface area (Å²) < 4.78 is 0. The van der Waals surface area contributed by atoms with Gasteiger partial charge in [0.2, 0.25) is 0 Å². The van der Waals surface area contributed by atoms with Gasteiger partial charge in [-0.05, 0) is 43.9 Å². The molecule has 0 fully saturated rings. The van der Waals surface area contributed by atoms with Gasteiger partial charge in [0.15, 0.2) is 0 Å². The second-order valence-electron chi connectivity index (χ2n) is 6.45. The second-order valence-corrected chi connectivity index (χ2v) is 8.68. The summed E-state index contributed by atoms with van der Waals surface area (Å²) in [5.74, 6) is 0. The van der Waals surface area contributed by atoms with E-state index in [0.717, 1.165) is 0 Å². The van der Waals surface area contributed by atoms with E-state index in [0.29, 0.717) is 0 Å². The maximum Gasteiger partial charge on any atom is 0.115 e. The summed E-state index contributed by atoms with van der Waals surface area (Å²) in [4.78, 5) is 9.20. The average Bonchev–Trinajstić information content (AvgIpc) is 3.01. The normalized spacial score (nSPS) is 16.4. The molecule has 4 heteroatoms. The summed E-state index contributed by atoms with van der Waals surface area (Å²) in [6, 6.07) is 4.79. The number of thiophene rings is 1.